The summed E-state index contributed by atoms with van der Waals surface area (Å²) in [7, 11) is 0. The lowest BCUT2D eigenvalue weighted by Crippen LogP contribution is -2.46. The van der Waals surface area contributed by atoms with Gasteiger partial charge in [-0.05, 0) is 57.1 Å². The summed E-state index contributed by atoms with van der Waals surface area (Å²) in [6, 6.07) is 16.3. The lowest BCUT2D eigenvalue weighted by atomic mass is 10.0. The van der Waals surface area contributed by atoms with E-state index >= 15 is 0 Å². The molecule has 0 bridgehead atoms. The molecule has 1 saturated heterocycles. The van der Waals surface area contributed by atoms with Gasteiger partial charge in [0.1, 0.15) is 23.8 Å². The second-order valence-corrected chi connectivity index (χ2v) is 7.97. The highest BCUT2D eigenvalue weighted by atomic mass is 19.1. The van der Waals surface area contributed by atoms with Gasteiger partial charge in [-0.2, -0.15) is 0 Å². The van der Waals surface area contributed by atoms with Crippen molar-refractivity contribution in [3.05, 3.63) is 76.4 Å². The van der Waals surface area contributed by atoms with Crippen molar-refractivity contribution in [3.63, 3.8) is 0 Å². The summed E-state index contributed by atoms with van der Waals surface area (Å²) >= 11 is 0. The quantitative estimate of drug-likeness (QED) is 0.598. The molecule has 1 atom stereocenters. The zero-order valence-electron chi connectivity index (χ0n) is 17.1. The van der Waals surface area contributed by atoms with Gasteiger partial charge in [0.15, 0.2) is 0 Å². The van der Waals surface area contributed by atoms with Crippen LogP contribution in [0.15, 0.2) is 63.8 Å². The lowest BCUT2D eigenvalue weighted by molar-refractivity contribution is 0.173. The Balaban J connectivity index is 1.23. The minimum absolute atomic E-state index is 0.128. The Morgan fingerprint density at radius 3 is 2.73 bits per heavy atom. The van der Waals surface area contributed by atoms with Gasteiger partial charge in [0, 0.05) is 41.7 Å². The summed E-state index contributed by atoms with van der Waals surface area (Å²) in [6.07, 6.45) is 2.06. The molecule has 1 aliphatic rings. The van der Waals surface area contributed by atoms with E-state index in [1.165, 1.54) is 12.1 Å². The van der Waals surface area contributed by atoms with E-state index in [9.17, 15) is 9.18 Å². The summed E-state index contributed by atoms with van der Waals surface area (Å²) in [5.74, 6) is 0.557. The number of hydrogen-bond donors (Lipinski definition) is 1. The third kappa shape index (κ3) is 5.26. The average molecular weight is 410 g/mol. The van der Waals surface area contributed by atoms with Crippen LogP contribution < -0.4 is 15.7 Å². The van der Waals surface area contributed by atoms with E-state index in [2.05, 4.69) is 17.1 Å². The highest BCUT2D eigenvalue weighted by Crippen LogP contribution is 2.20. The minimum Gasteiger partial charge on any atom is -0.492 e. The molecule has 0 saturated carbocycles. The van der Waals surface area contributed by atoms with Gasteiger partial charge >= 0.3 is 5.63 Å². The fourth-order valence-corrected chi connectivity index (χ4v) is 3.93. The van der Waals surface area contributed by atoms with Gasteiger partial charge in [0.05, 0.1) is 0 Å². The number of rotatable bonds is 7. The van der Waals surface area contributed by atoms with Crippen molar-refractivity contribution >= 4 is 11.0 Å². The molecule has 2 heterocycles. The van der Waals surface area contributed by atoms with E-state index in [-0.39, 0.29) is 17.5 Å². The fourth-order valence-electron chi connectivity index (χ4n) is 3.93. The van der Waals surface area contributed by atoms with Crippen molar-refractivity contribution < 1.29 is 13.5 Å². The molecule has 4 rings (SSSR count). The Morgan fingerprint density at radius 2 is 1.93 bits per heavy atom. The number of ether oxygens (including phenoxy) is 1. The van der Waals surface area contributed by atoms with E-state index in [1.807, 2.05) is 24.3 Å². The highest BCUT2D eigenvalue weighted by Gasteiger charge is 2.21. The highest BCUT2D eigenvalue weighted by molar-refractivity contribution is 5.77. The van der Waals surface area contributed by atoms with Gasteiger partial charge in [-0.15, -0.1) is 0 Å². The Bertz CT molecular complexity index is 1040. The number of nitrogens with one attached hydrogen (secondary N) is 1. The maximum atomic E-state index is 13.8. The van der Waals surface area contributed by atoms with Crippen molar-refractivity contribution in [2.45, 2.75) is 38.4 Å². The normalized spacial score (nSPS) is 16.6. The van der Waals surface area contributed by atoms with Crippen LogP contribution in [0, 0.1) is 5.82 Å². The van der Waals surface area contributed by atoms with Crippen LogP contribution in [-0.2, 0) is 6.54 Å². The zero-order valence-corrected chi connectivity index (χ0v) is 17.1. The minimum atomic E-state index is -0.365. The third-order valence-corrected chi connectivity index (χ3v) is 5.55. The van der Waals surface area contributed by atoms with Crippen LogP contribution in [0.5, 0.6) is 5.75 Å². The predicted molar refractivity (Wildman–Crippen MR) is 115 cm³/mol. The van der Waals surface area contributed by atoms with Crippen molar-refractivity contribution in [1.29, 1.82) is 0 Å². The molecule has 0 aliphatic carbocycles. The maximum absolute atomic E-state index is 13.8. The molecule has 5 nitrogen and oxygen atoms in total. The second kappa shape index (κ2) is 9.41. The van der Waals surface area contributed by atoms with Crippen molar-refractivity contribution in [2.24, 2.45) is 0 Å². The molecule has 158 valence electrons. The predicted octanol–water partition coefficient (Wildman–Crippen LogP) is 3.95. The molecule has 0 radical (unpaired) electrons. The van der Waals surface area contributed by atoms with Crippen LogP contribution in [0.4, 0.5) is 4.39 Å². The number of hydrogen-bond acceptors (Lipinski definition) is 5. The third-order valence-electron chi connectivity index (χ3n) is 5.55. The monoisotopic (exact) mass is 410 g/mol. The summed E-state index contributed by atoms with van der Waals surface area (Å²) in [5.41, 5.74) is 0.927. The Labute approximate surface area is 175 Å². The first-order chi connectivity index (χ1) is 14.6. The fraction of sp³-hybridized carbons (Fsp3) is 0.375. The average Bonchev–Trinajstić information content (AvgIpc) is 2.75. The summed E-state index contributed by atoms with van der Waals surface area (Å²) in [6.45, 7) is 5.19. The number of piperidine rings is 1. The zero-order chi connectivity index (χ0) is 20.9. The topological polar surface area (TPSA) is 54.7 Å². The molecule has 30 heavy (non-hydrogen) atoms. The van der Waals surface area contributed by atoms with Gasteiger partial charge in [-0.1, -0.05) is 18.2 Å². The van der Waals surface area contributed by atoms with Gasteiger partial charge in [0.25, 0.3) is 0 Å². The molecule has 1 unspecified atom stereocenters. The SMILES string of the molecule is CC(COc1ccc2ccc(=O)oc2c1)NC1CCN(Cc2ccccc2F)CC1. The van der Waals surface area contributed by atoms with Crippen LogP contribution >= 0.6 is 0 Å². The van der Waals surface area contributed by atoms with Crippen LogP contribution in [-0.4, -0.2) is 36.7 Å². The molecule has 1 fully saturated rings. The molecular formula is C24H27FN2O3. The van der Waals surface area contributed by atoms with Crippen LogP contribution in [0.2, 0.25) is 0 Å². The molecule has 3 aromatic rings. The molecule has 0 spiro atoms. The Morgan fingerprint density at radius 1 is 1.17 bits per heavy atom. The second-order valence-electron chi connectivity index (χ2n) is 7.97. The molecule has 0 amide bonds. The van der Waals surface area contributed by atoms with Crippen LogP contribution in [0.3, 0.4) is 0 Å². The van der Waals surface area contributed by atoms with Gasteiger partial charge in [-0.3, -0.25) is 4.90 Å². The van der Waals surface area contributed by atoms with Gasteiger partial charge in [-0.25, -0.2) is 9.18 Å². The van der Waals surface area contributed by atoms with E-state index in [0.29, 0.717) is 30.5 Å². The molecule has 1 N–H and O–H groups in total. The largest absolute Gasteiger partial charge is 0.492 e. The lowest BCUT2D eigenvalue weighted by Gasteiger charge is -2.34. The number of halogens is 1. The first kappa shape index (κ1) is 20.6. The molecule has 1 aliphatic heterocycles. The van der Waals surface area contributed by atoms with E-state index in [0.717, 1.165) is 36.9 Å². The molecule has 2 aromatic carbocycles. The number of fused-ring (bicyclic) bond motifs is 1. The van der Waals surface area contributed by atoms with Gasteiger partial charge < -0.3 is 14.5 Å². The molecule has 1 aromatic heterocycles. The standard InChI is InChI=1S/C24H27FN2O3/c1-17(16-29-21-8-6-18-7-9-24(28)30-23(18)14-21)26-20-10-12-27(13-11-20)15-19-4-2-3-5-22(19)25/h2-9,14,17,20,26H,10-13,15-16H2,1H3. The van der Waals surface area contributed by atoms with Crippen LogP contribution in [0.25, 0.3) is 11.0 Å². The van der Waals surface area contributed by atoms with Crippen molar-refractivity contribution in [1.82, 2.24) is 10.2 Å². The first-order valence-corrected chi connectivity index (χ1v) is 10.5. The summed E-state index contributed by atoms with van der Waals surface area (Å²) in [5, 5.41) is 4.50. The number of benzene rings is 2. The first-order valence-electron chi connectivity index (χ1n) is 10.5. The maximum Gasteiger partial charge on any atom is 0.336 e. The van der Waals surface area contributed by atoms with E-state index in [4.69, 9.17) is 9.15 Å². The van der Waals surface area contributed by atoms with Crippen LogP contribution in [0.1, 0.15) is 25.3 Å². The van der Waals surface area contributed by atoms with E-state index in [1.54, 1.807) is 18.2 Å². The summed E-state index contributed by atoms with van der Waals surface area (Å²) in [4.78, 5) is 13.7. The van der Waals surface area contributed by atoms with Gasteiger partial charge in [0.2, 0.25) is 0 Å². The Kier molecular flexibility index (Phi) is 6.45. The molecule has 6 heteroatoms. The van der Waals surface area contributed by atoms with E-state index < -0.39 is 0 Å². The van der Waals surface area contributed by atoms with Crippen molar-refractivity contribution in [3.8, 4) is 5.75 Å². The Hall–Kier alpha value is -2.70. The van der Waals surface area contributed by atoms with Crippen molar-refractivity contribution in [2.75, 3.05) is 19.7 Å². The molecular weight excluding hydrogens is 383 g/mol. The number of nitrogens with zero attached hydrogens (tertiary/aromatic N) is 1. The summed E-state index contributed by atoms with van der Waals surface area (Å²) < 4.78 is 25.0. The number of likely N-dealkylation sites (tertiary alicyclic amines) is 1. The smallest absolute Gasteiger partial charge is 0.336 e.